The lowest BCUT2D eigenvalue weighted by molar-refractivity contribution is -0.154. The maximum absolute atomic E-state index is 12.8. The zero-order valence-corrected chi connectivity index (χ0v) is 7.85. The molecule has 76 valence electrons. The summed E-state index contributed by atoms with van der Waals surface area (Å²) >= 11 is 0. The van der Waals surface area contributed by atoms with Gasteiger partial charge in [-0.3, -0.25) is 4.79 Å². The van der Waals surface area contributed by atoms with Crippen LogP contribution in [0.1, 0.15) is 26.7 Å². The molecule has 0 bridgehead atoms. The highest BCUT2D eigenvalue weighted by Gasteiger charge is 2.48. The molecule has 2 nitrogen and oxygen atoms in total. The van der Waals surface area contributed by atoms with E-state index in [0.29, 0.717) is 0 Å². The second kappa shape index (κ2) is 3.60. The van der Waals surface area contributed by atoms with Gasteiger partial charge in [0.25, 0.3) is 0 Å². The Bertz CT molecular complexity index is 196. The van der Waals surface area contributed by atoms with Gasteiger partial charge in [0.2, 0.25) is 0 Å². The molecule has 13 heavy (non-hydrogen) atoms. The summed E-state index contributed by atoms with van der Waals surface area (Å²) in [6.07, 6.45) is -3.16. The predicted molar refractivity (Wildman–Crippen MR) is 43.8 cm³/mol. The minimum atomic E-state index is -1.52. The molecule has 0 N–H and O–H groups in total. The average Bonchev–Trinajstić information content (AvgIpc) is 2.28. The molecule has 1 fully saturated rings. The Morgan fingerprint density at radius 2 is 1.92 bits per heavy atom. The Hall–Kier alpha value is -0.670. The topological polar surface area (TPSA) is 26.3 Å². The van der Waals surface area contributed by atoms with Gasteiger partial charge in [0.15, 0.2) is 0 Å². The van der Waals surface area contributed by atoms with Crippen LogP contribution >= 0.6 is 0 Å². The Morgan fingerprint density at radius 3 is 2.31 bits per heavy atom. The van der Waals surface area contributed by atoms with Crippen LogP contribution in [0.15, 0.2) is 0 Å². The fourth-order valence-corrected chi connectivity index (χ4v) is 1.67. The molecule has 0 aromatic rings. The highest BCUT2D eigenvalue weighted by Crippen LogP contribution is 2.41. The van der Waals surface area contributed by atoms with E-state index in [2.05, 4.69) is 0 Å². The SMILES string of the molecule is CCOC(=O)[C@@]1(C)C[C@@H](F)[C@@H]([18F])C1. The Kier molecular flexibility index (Phi) is 2.88. The number of hydrogen-bond acceptors (Lipinski definition) is 2. The van der Waals surface area contributed by atoms with Crippen LogP contribution < -0.4 is 0 Å². The van der Waals surface area contributed by atoms with Crippen molar-refractivity contribution in [2.75, 3.05) is 6.61 Å². The maximum Gasteiger partial charge on any atom is 0.311 e. The number of esters is 1. The van der Waals surface area contributed by atoms with Crippen LogP contribution in [0.5, 0.6) is 0 Å². The number of halogens is 2. The van der Waals surface area contributed by atoms with E-state index >= 15 is 0 Å². The number of rotatable bonds is 2. The van der Waals surface area contributed by atoms with Gasteiger partial charge in [-0.1, -0.05) is 0 Å². The number of carbonyl (C=O) groups excluding carboxylic acids is 1. The summed E-state index contributed by atoms with van der Waals surface area (Å²) in [6, 6.07) is 0. The fraction of sp³-hybridized carbons (Fsp3) is 0.889. The van der Waals surface area contributed by atoms with Crippen molar-refractivity contribution in [3.8, 4) is 0 Å². The Balaban J connectivity index is 2.63. The van der Waals surface area contributed by atoms with E-state index in [1.54, 1.807) is 13.8 Å². The van der Waals surface area contributed by atoms with E-state index in [1.165, 1.54) is 0 Å². The van der Waals surface area contributed by atoms with Gasteiger partial charge in [-0.2, -0.15) is 0 Å². The summed E-state index contributed by atoms with van der Waals surface area (Å²) in [5.74, 6) is -0.488. The lowest BCUT2D eigenvalue weighted by atomic mass is 9.89. The Labute approximate surface area is 76.3 Å². The van der Waals surface area contributed by atoms with Crippen LogP contribution in [0.4, 0.5) is 8.78 Å². The molecule has 1 saturated carbocycles. The minimum Gasteiger partial charge on any atom is -0.466 e. The summed E-state index contributed by atoms with van der Waals surface area (Å²) in [6.45, 7) is 3.48. The molecule has 0 spiro atoms. The summed E-state index contributed by atoms with van der Waals surface area (Å²) < 4.78 is 30.4. The second-order valence-corrected chi connectivity index (χ2v) is 3.72. The molecule has 3 atom stereocenters. The van der Waals surface area contributed by atoms with Crippen molar-refractivity contribution in [2.24, 2.45) is 5.41 Å². The molecule has 0 aliphatic heterocycles. The maximum atomic E-state index is 12.8. The van der Waals surface area contributed by atoms with Crippen molar-refractivity contribution in [2.45, 2.75) is 39.0 Å². The third-order valence-corrected chi connectivity index (χ3v) is 2.45. The van der Waals surface area contributed by atoms with E-state index in [9.17, 15) is 13.6 Å². The number of hydrogen-bond donors (Lipinski definition) is 0. The molecular formula is C9H14F2O2. The molecule has 1 aliphatic rings. The summed E-state index contributed by atoms with van der Waals surface area (Å²) in [4.78, 5) is 11.3. The third-order valence-electron chi connectivity index (χ3n) is 2.45. The molecular weight excluding hydrogens is 177 g/mol. The zero-order valence-electron chi connectivity index (χ0n) is 7.85. The van der Waals surface area contributed by atoms with Crippen LogP contribution in [-0.4, -0.2) is 24.9 Å². The second-order valence-electron chi connectivity index (χ2n) is 3.72. The van der Waals surface area contributed by atoms with Crippen LogP contribution in [0.2, 0.25) is 0 Å². The first-order valence-corrected chi connectivity index (χ1v) is 4.45. The van der Waals surface area contributed by atoms with E-state index in [0.717, 1.165) is 0 Å². The fourth-order valence-electron chi connectivity index (χ4n) is 1.67. The van der Waals surface area contributed by atoms with Crippen molar-refractivity contribution in [1.29, 1.82) is 0 Å². The lowest BCUT2D eigenvalue weighted by Crippen LogP contribution is -2.27. The highest BCUT2D eigenvalue weighted by atomic mass is 19.1. The first kappa shape index (κ1) is 10.4. The number of ether oxygens (including phenoxy) is 1. The lowest BCUT2D eigenvalue weighted by Gasteiger charge is -2.19. The monoisotopic (exact) mass is 191 g/mol. The first-order chi connectivity index (χ1) is 5.99. The van der Waals surface area contributed by atoms with Crippen molar-refractivity contribution in [3.63, 3.8) is 0 Å². The standard InChI is InChI=1S/C9H14F2O2/c1-3-13-8(12)9(2)4-6(10)7(11)5-9/h6-7H,3-5H2,1-2H3/t6-,7+,9+/i10-1/m0/s1. The first-order valence-electron chi connectivity index (χ1n) is 4.45. The molecule has 0 heterocycles. The molecule has 0 unspecified atom stereocenters. The van der Waals surface area contributed by atoms with Gasteiger partial charge >= 0.3 is 5.97 Å². The van der Waals surface area contributed by atoms with Gasteiger partial charge in [-0.15, -0.1) is 0 Å². The highest BCUT2D eigenvalue weighted by molar-refractivity contribution is 5.77. The van der Waals surface area contributed by atoms with Gasteiger partial charge in [-0.05, 0) is 26.7 Å². The Morgan fingerprint density at radius 1 is 1.46 bits per heavy atom. The summed E-state index contributed by atoms with van der Waals surface area (Å²) in [5.41, 5.74) is -0.963. The van der Waals surface area contributed by atoms with Gasteiger partial charge in [-0.25, -0.2) is 8.78 Å². The summed E-state index contributed by atoms with van der Waals surface area (Å²) in [5, 5.41) is 0. The van der Waals surface area contributed by atoms with Crippen molar-refractivity contribution in [1.82, 2.24) is 0 Å². The largest absolute Gasteiger partial charge is 0.466 e. The molecule has 0 aromatic carbocycles. The third kappa shape index (κ3) is 1.98. The van der Waals surface area contributed by atoms with Crippen LogP contribution in [-0.2, 0) is 9.53 Å². The van der Waals surface area contributed by atoms with Gasteiger partial charge in [0.05, 0.1) is 12.0 Å². The molecule has 0 radical (unpaired) electrons. The molecule has 0 aromatic heterocycles. The van der Waals surface area contributed by atoms with E-state index in [4.69, 9.17) is 4.74 Å². The van der Waals surface area contributed by atoms with Crippen molar-refractivity contribution < 1.29 is 18.3 Å². The quantitative estimate of drug-likeness (QED) is 0.624. The molecule has 1 aliphatic carbocycles. The van der Waals surface area contributed by atoms with Crippen LogP contribution in [0.3, 0.4) is 0 Å². The summed E-state index contributed by atoms with van der Waals surface area (Å²) in [7, 11) is 0. The molecule has 4 heteroatoms. The van der Waals surface area contributed by atoms with Gasteiger partial charge in [0, 0.05) is 0 Å². The molecule has 0 amide bonds. The number of alkyl halides is 2. The van der Waals surface area contributed by atoms with Crippen LogP contribution in [0, 0.1) is 5.41 Å². The smallest absolute Gasteiger partial charge is 0.311 e. The van der Waals surface area contributed by atoms with Gasteiger partial charge < -0.3 is 4.74 Å². The molecule has 0 saturated heterocycles. The average molecular weight is 191 g/mol. The van der Waals surface area contributed by atoms with Crippen molar-refractivity contribution >= 4 is 5.97 Å². The van der Waals surface area contributed by atoms with Gasteiger partial charge in [0.1, 0.15) is 12.3 Å². The predicted octanol–water partition coefficient (Wildman–Crippen LogP) is 2.03. The van der Waals surface area contributed by atoms with Crippen molar-refractivity contribution in [3.05, 3.63) is 0 Å². The van der Waals surface area contributed by atoms with E-state index in [-0.39, 0.29) is 19.4 Å². The van der Waals surface area contributed by atoms with Crippen LogP contribution in [0.25, 0.3) is 0 Å². The minimum absolute atomic E-state index is 0.0625. The van der Waals surface area contributed by atoms with E-state index < -0.39 is 23.7 Å². The van der Waals surface area contributed by atoms with E-state index in [1.807, 2.05) is 0 Å². The molecule has 1 rings (SSSR count). The normalized spacial score (nSPS) is 39.1. The number of carbonyl (C=O) groups is 1. The zero-order chi connectivity index (χ0) is 10.1.